The van der Waals surface area contributed by atoms with Crippen molar-refractivity contribution in [1.29, 1.82) is 0 Å². The predicted octanol–water partition coefficient (Wildman–Crippen LogP) is 0.728. The lowest BCUT2D eigenvalue weighted by atomic mass is 9.68. The van der Waals surface area contributed by atoms with E-state index < -0.39 is 0 Å². The van der Waals surface area contributed by atoms with E-state index in [4.69, 9.17) is 5.73 Å². The highest BCUT2D eigenvalue weighted by Crippen LogP contribution is 2.40. The lowest BCUT2D eigenvalue weighted by Gasteiger charge is -2.39. The van der Waals surface area contributed by atoms with Gasteiger partial charge in [0.2, 0.25) is 5.91 Å². The largest absolute Gasteiger partial charge is 0.351 e. The van der Waals surface area contributed by atoms with Gasteiger partial charge in [0.05, 0.1) is 11.1 Å². The van der Waals surface area contributed by atoms with Gasteiger partial charge in [0.25, 0.3) is 0 Å². The average Bonchev–Trinajstić information content (AvgIpc) is 2.66. The molecule has 0 radical (unpaired) electrons. The Kier molecular flexibility index (Phi) is 3.71. The van der Waals surface area contributed by atoms with Gasteiger partial charge in [-0.25, -0.2) is 0 Å². The van der Waals surface area contributed by atoms with Gasteiger partial charge in [-0.3, -0.25) is 9.48 Å². The lowest BCUT2D eigenvalue weighted by molar-refractivity contribution is -0.135. The molecule has 0 aromatic carbocycles. The van der Waals surface area contributed by atoms with Gasteiger partial charge < -0.3 is 11.1 Å². The van der Waals surface area contributed by atoms with Crippen LogP contribution in [0.15, 0.2) is 6.20 Å². The predicted molar refractivity (Wildman–Crippen MR) is 69.8 cm³/mol. The molecule has 2 rings (SSSR count). The first-order valence-corrected chi connectivity index (χ1v) is 6.61. The van der Waals surface area contributed by atoms with Crippen LogP contribution in [0.25, 0.3) is 0 Å². The summed E-state index contributed by atoms with van der Waals surface area (Å²) in [6, 6.07) is 0. The minimum absolute atomic E-state index is 0.0992. The molecule has 3 N–H and O–H groups in total. The Bertz CT molecular complexity index is 429. The molecule has 1 aliphatic carbocycles. The highest BCUT2D eigenvalue weighted by Gasteiger charge is 2.42. The Morgan fingerprint density at radius 1 is 1.61 bits per heavy atom. The molecular formula is C13H22N4O. The van der Waals surface area contributed by atoms with Crippen LogP contribution in [0.3, 0.4) is 0 Å². The molecule has 0 bridgehead atoms. The van der Waals surface area contributed by atoms with Crippen molar-refractivity contribution in [2.75, 3.05) is 6.54 Å². The molecule has 0 atom stereocenters. The van der Waals surface area contributed by atoms with Crippen molar-refractivity contribution in [3.05, 3.63) is 17.5 Å². The number of rotatable bonds is 5. The minimum atomic E-state index is -0.297. The van der Waals surface area contributed by atoms with E-state index in [2.05, 4.69) is 17.3 Å². The van der Waals surface area contributed by atoms with Crippen molar-refractivity contribution in [3.63, 3.8) is 0 Å². The average molecular weight is 250 g/mol. The lowest BCUT2D eigenvalue weighted by Crippen LogP contribution is -2.50. The maximum Gasteiger partial charge on any atom is 0.227 e. The second-order valence-corrected chi connectivity index (χ2v) is 5.15. The van der Waals surface area contributed by atoms with E-state index in [-0.39, 0.29) is 11.3 Å². The molecular weight excluding hydrogens is 228 g/mol. The number of nitrogens with two attached hydrogens (primary N) is 1. The zero-order valence-corrected chi connectivity index (χ0v) is 11.2. The van der Waals surface area contributed by atoms with Crippen molar-refractivity contribution in [2.24, 2.45) is 18.2 Å². The van der Waals surface area contributed by atoms with Gasteiger partial charge >= 0.3 is 0 Å². The topological polar surface area (TPSA) is 72.9 Å². The maximum atomic E-state index is 12.1. The Morgan fingerprint density at radius 3 is 2.83 bits per heavy atom. The number of aromatic nitrogens is 2. The molecule has 1 aromatic rings. The van der Waals surface area contributed by atoms with E-state index in [9.17, 15) is 4.79 Å². The number of carbonyl (C=O) groups excluding carboxylic acids is 1. The molecule has 1 amide bonds. The molecule has 100 valence electrons. The van der Waals surface area contributed by atoms with Gasteiger partial charge in [-0.1, -0.05) is 13.3 Å². The first-order chi connectivity index (χ1) is 8.61. The van der Waals surface area contributed by atoms with E-state index in [1.807, 2.05) is 13.2 Å². The van der Waals surface area contributed by atoms with Crippen LogP contribution >= 0.6 is 0 Å². The molecule has 18 heavy (non-hydrogen) atoms. The van der Waals surface area contributed by atoms with Crippen LogP contribution in [0, 0.1) is 5.41 Å². The number of amides is 1. The fraction of sp³-hybridized carbons (Fsp3) is 0.692. The zero-order chi connectivity index (χ0) is 13.2. The highest BCUT2D eigenvalue weighted by atomic mass is 16.2. The molecule has 5 heteroatoms. The monoisotopic (exact) mass is 250 g/mol. The quantitative estimate of drug-likeness (QED) is 0.809. The van der Waals surface area contributed by atoms with Gasteiger partial charge in [-0.15, -0.1) is 0 Å². The second-order valence-electron chi connectivity index (χ2n) is 5.15. The van der Waals surface area contributed by atoms with Crippen molar-refractivity contribution in [2.45, 2.75) is 39.2 Å². The highest BCUT2D eigenvalue weighted by molar-refractivity contribution is 5.83. The first kappa shape index (κ1) is 13.1. The fourth-order valence-corrected chi connectivity index (χ4v) is 2.52. The summed E-state index contributed by atoms with van der Waals surface area (Å²) in [5.74, 6) is 0.0992. The summed E-state index contributed by atoms with van der Waals surface area (Å²) in [4.78, 5) is 12.1. The number of hydrogen-bond donors (Lipinski definition) is 2. The van der Waals surface area contributed by atoms with E-state index in [0.29, 0.717) is 13.1 Å². The van der Waals surface area contributed by atoms with Crippen LogP contribution in [0.1, 0.15) is 37.4 Å². The molecule has 1 aromatic heterocycles. The van der Waals surface area contributed by atoms with Crippen LogP contribution in [-0.4, -0.2) is 22.2 Å². The number of nitrogens with zero attached hydrogens (tertiary/aromatic N) is 2. The molecule has 1 heterocycles. The van der Waals surface area contributed by atoms with Gasteiger partial charge in [0, 0.05) is 31.9 Å². The Morgan fingerprint density at radius 2 is 2.33 bits per heavy atom. The van der Waals surface area contributed by atoms with Crippen molar-refractivity contribution >= 4 is 5.91 Å². The van der Waals surface area contributed by atoms with E-state index in [1.54, 1.807) is 4.68 Å². The van der Waals surface area contributed by atoms with Crippen molar-refractivity contribution < 1.29 is 4.79 Å². The summed E-state index contributed by atoms with van der Waals surface area (Å²) >= 11 is 0. The maximum absolute atomic E-state index is 12.1. The summed E-state index contributed by atoms with van der Waals surface area (Å²) in [7, 11) is 1.90. The van der Waals surface area contributed by atoms with Crippen LogP contribution < -0.4 is 11.1 Å². The molecule has 0 saturated heterocycles. The molecule has 0 spiro atoms. The summed E-state index contributed by atoms with van der Waals surface area (Å²) in [6.45, 7) is 3.07. The number of hydrogen-bond acceptors (Lipinski definition) is 3. The standard InChI is InChI=1S/C13H22N4O/c1-3-11-10(8-17(2)16-11)7-15-12(18)13(9-14)5-4-6-13/h8H,3-7,9,14H2,1-2H3,(H,15,18). The van der Waals surface area contributed by atoms with Crippen LogP contribution in [0.2, 0.25) is 0 Å². The van der Waals surface area contributed by atoms with Crippen LogP contribution in [0.4, 0.5) is 0 Å². The molecule has 1 aliphatic rings. The molecule has 1 saturated carbocycles. The third-order valence-corrected chi connectivity index (χ3v) is 3.95. The van der Waals surface area contributed by atoms with Gasteiger partial charge in [0.1, 0.15) is 0 Å². The second kappa shape index (κ2) is 5.10. The number of aryl methyl sites for hydroxylation is 2. The number of carbonyl (C=O) groups is 1. The van der Waals surface area contributed by atoms with E-state index in [0.717, 1.165) is 36.9 Å². The summed E-state index contributed by atoms with van der Waals surface area (Å²) in [6.07, 6.45) is 5.80. The molecule has 1 fully saturated rings. The Hall–Kier alpha value is -1.36. The van der Waals surface area contributed by atoms with Crippen molar-refractivity contribution in [3.8, 4) is 0 Å². The molecule has 5 nitrogen and oxygen atoms in total. The van der Waals surface area contributed by atoms with Gasteiger partial charge in [0.15, 0.2) is 0 Å². The Labute approximate surface area is 108 Å². The van der Waals surface area contributed by atoms with E-state index >= 15 is 0 Å². The molecule has 0 unspecified atom stereocenters. The summed E-state index contributed by atoms with van der Waals surface area (Å²) < 4.78 is 1.79. The van der Waals surface area contributed by atoms with Gasteiger partial charge in [-0.2, -0.15) is 5.10 Å². The zero-order valence-electron chi connectivity index (χ0n) is 11.2. The fourth-order valence-electron chi connectivity index (χ4n) is 2.52. The summed E-state index contributed by atoms with van der Waals surface area (Å²) in [5, 5.41) is 7.37. The third kappa shape index (κ3) is 2.27. The van der Waals surface area contributed by atoms with Gasteiger partial charge in [-0.05, 0) is 19.3 Å². The SMILES string of the molecule is CCc1nn(C)cc1CNC(=O)C1(CN)CCC1. The third-order valence-electron chi connectivity index (χ3n) is 3.95. The smallest absolute Gasteiger partial charge is 0.227 e. The minimum Gasteiger partial charge on any atom is -0.351 e. The number of nitrogens with one attached hydrogen (secondary N) is 1. The van der Waals surface area contributed by atoms with E-state index in [1.165, 1.54) is 0 Å². The van der Waals surface area contributed by atoms with Crippen molar-refractivity contribution in [1.82, 2.24) is 15.1 Å². The summed E-state index contributed by atoms with van der Waals surface area (Å²) in [5.41, 5.74) is 7.57. The van der Waals surface area contributed by atoms with Crippen LogP contribution in [-0.2, 0) is 24.8 Å². The molecule has 0 aliphatic heterocycles. The first-order valence-electron chi connectivity index (χ1n) is 6.61. The normalized spacial score (nSPS) is 17.3. The Balaban J connectivity index is 1.96. The van der Waals surface area contributed by atoms with Crippen LogP contribution in [0.5, 0.6) is 0 Å².